The minimum absolute atomic E-state index is 0.115. The largest absolute Gasteiger partial charge is 0.369 e. The summed E-state index contributed by atoms with van der Waals surface area (Å²) in [6.07, 6.45) is 1.94. The summed E-state index contributed by atoms with van der Waals surface area (Å²) in [5, 5.41) is 19.2. The third kappa shape index (κ3) is 2.82. The lowest BCUT2D eigenvalue weighted by atomic mass is 10.2. The molecule has 6 nitrogen and oxygen atoms in total. The number of thiophene rings is 1. The second-order valence-electron chi connectivity index (χ2n) is 5.07. The summed E-state index contributed by atoms with van der Waals surface area (Å²) in [5.74, 6) is 0. The highest BCUT2D eigenvalue weighted by Gasteiger charge is 2.24. The van der Waals surface area contributed by atoms with Gasteiger partial charge in [0, 0.05) is 35.6 Å². The number of rotatable bonds is 5. The first-order chi connectivity index (χ1) is 10.9. The summed E-state index contributed by atoms with van der Waals surface area (Å²) in [6.45, 7) is 2.85. The number of ether oxygens (including phenoxy) is 1. The number of hydrogen-bond donors (Lipinski definition) is 1. The second-order valence-corrected chi connectivity index (χ2v) is 6.83. The molecule has 4 rings (SSSR count). The van der Waals surface area contributed by atoms with Gasteiger partial charge in [0.1, 0.15) is 10.7 Å². The van der Waals surface area contributed by atoms with Gasteiger partial charge in [-0.2, -0.15) is 11.3 Å². The van der Waals surface area contributed by atoms with Crippen LogP contribution in [0.15, 0.2) is 28.4 Å². The van der Waals surface area contributed by atoms with E-state index in [1.165, 1.54) is 0 Å². The lowest BCUT2D eigenvalue weighted by molar-refractivity contribution is 0.00125. The van der Waals surface area contributed by atoms with Gasteiger partial charge in [0.05, 0.1) is 24.9 Å². The maximum absolute atomic E-state index is 5.94. The zero-order valence-corrected chi connectivity index (χ0v) is 13.4. The van der Waals surface area contributed by atoms with Crippen molar-refractivity contribution in [3.05, 3.63) is 39.1 Å². The van der Waals surface area contributed by atoms with Crippen molar-refractivity contribution in [2.75, 3.05) is 6.54 Å². The van der Waals surface area contributed by atoms with Crippen LogP contribution in [0.2, 0.25) is 0 Å². The van der Waals surface area contributed by atoms with Gasteiger partial charge in [-0.25, -0.2) is 9.67 Å². The fourth-order valence-electron chi connectivity index (χ4n) is 2.49. The number of hydrogen-bond acceptors (Lipinski definition) is 7. The van der Waals surface area contributed by atoms with Gasteiger partial charge in [-0.05, 0) is 11.4 Å². The minimum atomic E-state index is 0.115. The molecule has 3 aromatic rings. The summed E-state index contributed by atoms with van der Waals surface area (Å²) >= 11 is 3.32. The molecule has 1 aliphatic heterocycles. The standard InChI is InChI=1S/C14H15N5OS2/c1-3-21-9-10(1)14-12-8-20-11(7-19(12)18-17-14)5-15-6-13-16-2-4-22-13/h1-4,9,11,15H,5-8H2/t11-/m1/s1. The predicted molar refractivity (Wildman–Crippen MR) is 85.7 cm³/mol. The van der Waals surface area contributed by atoms with Crippen molar-refractivity contribution in [3.63, 3.8) is 0 Å². The average molecular weight is 333 g/mol. The van der Waals surface area contributed by atoms with Gasteiger partial charge in [0.15, 0.2) is 0 Å². The summed E-state index contributed by atoms with van der Waals surface area (Å²) in [5.41, 5.74) is 3.13. The van der Waals surface area contributed by atoms with Gasteiger partial charge in [0.2, 0.25) is 0 Å². The first-order valence-corrected chi connectivity index (χ1v) is 8.88. The van der Waals surface area contributed by atoms with Crippen LogP contribution in [0.3, 0.4) is 0 Å². The molecule has 1 aliphatic rings. The topological polar surface area (TPSA) is 64.9 Å². The normalized spacial score (nSPS) is 17.5. The first-order valence-electron chi connectivity index (χ1n) is 7.06. The third-order valence-corrected chi connectivity index (χ3v) is 5.06. The number of aromatic nitrogens is 4. The Labute approximate surface area is 135 Å². The molecule has 0 aliphatic carbocycles. The SMILES string of the molecule is c1csc(CNC[C@@H]2Cn3nnc(-c4ccsc4)c3CO2)n1. The van der Waals surface area contributed by atoms with Gasteiger partial charge in [-0.3, -0.25) is 0 Å². The fourth-order valence-corrected chi connectivity index (χ4v) is 3.72. The van der Waals surface area contributed by atoms with E-state index in [4.69, 9.17) is 4.74 Å². The third-order valence-electron chi connectivity index (χ3n) is 3.60. The summed E-state index contributed by atoms with van der Waals surface area (Å²) in [7, 11) is 0. The Morgan fingerprint density at radius 2 is 2.41 bits per heavy atom. The van der Waals surface area contributed by atoms with Crippen molar-refractivity contribution < 1.29 is 4.74 Å². The maximum Gasteiger partial charge on any atom is 0.119 e. The molecule has 0 saturated heterocycles. The molecule has 4 heterocycles. The Hall–Kier alpha value is -1.61. The number of fused-ring (bicyclic) bond motifs is 1. The van der Waals surface area contributed by atoms with Crippen molar-refractivity contribution in [2.45, 2.75) is 25.8 Å². The molecular formula is C14H15N5OS2. The van der Waals surface area contributed by atoms with E-state index < -0.39 is 0 Å². The molecule has 0 spiro atoms. The highest BCUT2D eigenvalue weighted by molar-refractivity contribution is 7.09. The molecule has 1 N–H and O–H groups in total. The summed E-state index contributed by atoms with van der Waals surface area (Å²) in [6, 6.07) is 2.07. The number of thiazole rings is 1. The lowest BCUT2D eigenvalue weighted by Crippen LogP contribution is -2.36. The van der Waals surface area contributed by atoms with E-state index in [9.17, 15) is 0 Å². The fraction of sp³-hybridized carbons (Fsp3) is 0.357. The molecule has 114 valence electrons. The Kier molecular flexibility index (Phi) is 3.98. The first kappa shape index (κ1) is 14.0. The summed E-state index contributed by atoms with van der Waals surface area (Å²) < 4.78 is 7.91. The van der Waals surface area contributed by atoms with Crippen LogP contribution >= 0.6 is 22.7 Å². The van der Waals surface area contributed by atoms with E-state index in [1.54, 1.807) is 22.7 Å². The van der Waals surface area contributed by atoms with Crippen LogP contribution < -0.4 is 5.32 Å². The molecule has 0 bridgehead atoms. The van der Waals surface area contributed by atoms with E-state index in [-0.39, 0.29) is 6.10 Å². The minimum Gasteiger partial charge on any atom is -0.369 e. The van der Waals surface area contributed by atoms with Crippen LogP contribution in [0.5, 0.6) is 0 Å². The highest BCUT2D eigenvalue weighted by Crippen LogP contribution is 2.26. The van der Waals surface area contributed by atoms with Gasteiger partial charge in [0.25, 0.3) is 0 Å². The zero-order valence-electron chi connectivity index (χ0n) is 11.8. The lowest BCUT2D eigenvalue weighted by Gasteiger charge is -2.24. The van der Waals surface area contributed by atoms with Crippen molar-refractivity contribution in [1.82, 2.24) is 25.3 Å². The van der Waals surface area contributed by atoms with E-state index in [2.05, 4.69) is 37.4 Å². The monoisotopic (exact) mass is 333 g/mol. The van der Waals surface area contributed by atoms with E-state index in [0.717, 1.165) is 41.6 Å². The Morgan fingerprint density at radius 3 is 3.23 bits per heavy atom. The van der Waals surface area contributed by atoms with Crippen molar-refractivity contribution in [1.29, 1.82) is 0 Å². The molecule has 22 heavy (non-hydrogen) atoms. The molecule has 3 aromatic heterocycles. The van der Waals surface area contributed by atoms with Gasteiger partial charge < -0.3 is 10.1 Å². The molecule has 0 aromatic carbocycles. The van der Waals surface area contributed by atoms with Crippen molar-refractivity contribution in [3.8, 4) is 11.3 Å². The van der Waals surface area contributed by atoms with Gasteiger partial charge >= 0.3 is 0 Å². The average Bonchev–Trinajstić information content (AvgIpc) is 3.28. The maximum atomic E-state index is 5.94. The van der Waals surface area contributed by atoms with Crippen molar-refractivity contribution in [2.24, 2.45) is 0 Å². The number of nitrogens with zero attached hydrogens (tertiary/aromatic N) is 4. The van der Waals surface area contributed by atoms with Gasteiger partial charge in [-0.1, -0.05) is 5.21 Å². The van der Waals surface area contributed by atoms with Crippen LogP contribution in [0.25, 0.3) is 11.3 Å². The van der Waals surface area contributed by atoms with E-state index in [0.29, 0.717) is 6.61 Å². The molecular weight excluding hydrogens is 318 g/mol. The molecule has 8 heteroatoms. The van der Waals surface area contributed by atoms with Crippen LogP contribution in [0.1, 0.15) is 10.7 Å². The zero-order chi connectivity index (χ0) is 14.8. The van der Waals surface area contributed by atoms with Gasteiger partial charge in [-0.15, -0.1) is 16.4 Å². The molecule has 0 radical (unpaired) electrons. The molecule has 0 amide bonds. The summed E-state index contributed by atoms with van der Waals surface area (Å²) in [4.78, 5) is 4.26. The molecule has 0 saturated carbocycles. The predicted octanol–water partition coefficient (Wildman–Crippen LogP) is 2.15. The molecule has 0 unspecified atom stereocenters. The van der Waals surface area contributed by atoms with E-state index >= 15 is 0 Å². The number of nitrogens with one attached hydrogen (secondary N) is 1. The Balaban J connectivity index is 1.38. The molecule has 0 fully saturated rings. The quantitative estimate of drug-likeness (QED) is 0.775. The smallest absolute Gasteiger partial charge is 0.119 e. The van der Waals surface area contributed by atoms with Crippen LogP contribution in [-0.2, 0) is 24.4 Å². The highest BCUT2D eigenvalue weighted by atomic mass is 32.1. The van der Waals surface area contributed by atoms with Crippen LogP contribution in [0, 0.1) is 0 Å². The Bertz CT molecular complexity index is 723. The van der Waals surface area contributed by atoms with Crippen LogP contribution in [-0.4, -0.2) is 32.6 Å². The van der Waals surface area contributed by atoms with E-state index in [1.807, 2.05) is 16.3 Å². The Morgan fingerprint density at radius 1 is 1.41 bits per heavy atom. The molecule has 1 atom stereocenters. The second kappa shape index (κ2) is 6.25. The van der Waals surface area contributed by atoms with Crippen molar-refractivity contribution >= 4 is 22.7 Å². The van der Waals surface area contributed by atoms with Crippen LogP contribution in [0.4, 0.5) is 0 Å².